The Bertz CT molecular complexity index is 287. The van der Waals surface area contributed by atoms with Gasteiger partial charge in [-0.2, -0.15) is 0 Å². The zero-order chi connectivity index (χ0) is 14.9. The molecule has 0 radical (unpaired) electrons. The Balaban J connectivity index is 3.63. The third kappa shape index (κ3) is 9.44. The first-order chi connectivity index (χ1) is 8.77. The van der Waals surface area contributed by atoms with Crippen LogP contribution in [-0.4, -0.2) is 49.8 Å². The Labute approximate surface area is 114 Å². The van der Waals surface area contributed by atoms with Crippen LogP contribution in [0.4, 0.5) is 0 Å². The van der Waals surface area contributed by atoms with E-state index in [0.29, 0.717) is 19.5 Å². The maximum atomic E-state index is 11.5. The number of carbonyl (C=O) groups is 2. The molecule has 0 fully saturated rings. The van der Waals surface area contributed by atoms with Crippen LogP contribution in [0, 0.1) is 5.41 Å². The molecule has 6 heteroatoms. The predicted molar refractivity (Wildman–Crippen MR) is 72.6 cm³/mol. The van der Waals surface area contributed by atoms with Crippen molar-refractivity contribution in [3.63, 3.8) is 0 Å². The minimum Gasteiger partial charge on any atom is -0.391 e. The fourth-order valence-electron chi connectivity index (χ4n) is 1.30. The molecule has 0 saturated heterocycles. The van der Waals surface area contributed by atoms with Crippen LogP contribution in [0.25, 0.3) is 0 Å². The Morgan fingerprint density at radius 1 is 1.21 bits per heavy atom. The molecule has 0 saturated carbocycles. The van der Waals surface area contributed by atoms with Crippen molar-refractivity contribution in [1.29, 1.82) is 0 Å². The lowest BCUT2D eigenvalue weighted by molar-refractivity contribution is -0.128. The molecule has 0 spiro atoms. The topological polar surface area (TPSA) is 87.7 Å². The summed E-state index contributed by atoms with van der Waals surface area (Å²) in [4.78, 5) is 23.0. The van der Waals surface area contributed by atoms with Crippen LogP contribution < -0.4 is 10.6 Å². The molecule has 3 N–H and O–H groups in total. The molecule has 0 aromatic carbocycles. The maximum absolute atomic E-state index is 11.5. The van der Waals surface area contributed by atoms with Crippen molar-refractivity contribution in [2.24, 2.45) is 5.41 Å². The van der Waals surface area contributed by atoms with Gasteiger partial charge in [-0.1, -0.05) is 20.8 Å². The molecular formula is C13H26N2O4. The van der Waals surface area contributed by atoms with E-state index in [1.165, 1.54) is 7.11 Å². The second-order valence-corrected chi connectivity index (χ2v) is 5.50. The van der Waals surface area contributed by atoms with Gasteiger partial charge < -0.3 is 20.5 Å². The summed E-state index contributed by atoms with van der Waals surface area (Å²) in [5, 5.41) is 14.7. The van der Waals surface area contributed by atoms with Gasteiger partial charge in [0.25, 0.3) is 0 Å². The second kappa shape index (κ2) is 8.87. The van der Waals surface area contributed by atoms with E-state index in [2.05, 4.69) is 10.6 Å². The Morgan fingerprint density at radius 2 is 1.84 bits per heavy atom. The monoisotopic (exact) mass is 274 g/mol. The highest BCUT2D eigenvalue weighted by molar-refractivity contribution is 5.82. The number of hydrogen-bond donors (Lipinski definition) is 3. The highest BCUT2D eigenvalue weighted by Crippen LogP contribution is 2.11. The summed E-state index contributed by atoms with van der Waals surface area (Å²) >= 11 is 0. The first-order valence-corrected chi connectivity index (χ1v) is 6.49. The van der Waals surface area contributed by atoms with Crippen LogP contribution in [0.1, 0.15) is 33.6 Å². The molecule has 0 bridgehead atoms. The molecular weight excluding hydrogens is 248 g/mol. The Hall–Kier alpha value is -1.14. The van der Waals surface area contributed by atoms with Crippen molar-refractivity contribution in [2.45, 2.75) is 39.7 Å². The number of aliphatic hydroxyl groups excluding tert-OH is 1. The summed E-state index contributed by atoms with van der Waals surface area (Å²) in [6.07, 6.45) is 0.127. The van der Waals surface area contributed by atoms with Crippen LogP contribution in [0.3, 0.4) is 0 Å². The van der Waals surface area contributed by atoms with Gasteiger partial charge in [0.15, 0.2) is 0 Å². The largest absolute Gasteiger partial charge is 0.391 e. The van der Waals surface area contributed by atoms with Gasteiger partial charge in [0.2, 0.25) is 11.8 Å². The molecule has 1 atom stereocenters. The van der Waals surface area contributed by atoms with Gasteiger partial charge in [0, 0.05) is 32.0 Å². The molecule has 0 rings (SSSR count). The highest BCUT2D eigenvalue weighted by Gasteiger charge is 2.20. The minimum absolute atomic E-state index is 0.0733. The predicted octanol–water partition coefficient (Wildman–Crippen LogP) is 0.0524. The first kappa shape index (κ1) is 17.9. The Kier molecular flexibility index (Phi) is 8.34. The van der Waals surface area contributed by atoms with Gasteiger partial charge >= 0.3 is 0 Å². The molecule has 0 aromatic heterocycles. The van der Waals surface area contributed by atoms with E-state index >= 15 is 0 Å². The van der Waals surface area contributed by atoms with Crippen molar-refractivity contribution in [2.75, 3.05) is 26.8 Å². The number of rotatable bonds is 8. The molecule has 0 aliphatic rings. The van der Waals surface area contributed by atoms with Crippen LogP contribution >= 0.6 is 0 Å². The average Bonchev–Trinajstić information content (AvgIpc) is 2.27. The average molecular weight is 274 g/mol. The van der Waals surface area contributed by atoms with E-state index in [0.717, 1.165) is 0 Å². The van der Waals surface area contributed by atoms with Gasteiger partial charge in [-0.25, -0.2) is 0 Å². The van der Waals surface area contributed by atoms with Crippen LogP contribution in [0.2, 0.25) is 0 Å². The van der Waals surface area contributed by atoms with E-state index < -0.39 is 11.5 Å². The van der Waals surface area contributed by atoms with E-state index in [4.69, 9.17) is 4.74 Å². The van der Waals surface area contributed by atoms with E-state index in [1.807, 2.05) is 20.8 Å². The molecule has 19 heavy (non-hydrogen) atoms. The van der Waals surface area contributed by atoms with Gasteiger partial charge in [-0.3, -0.25) is 9.59 Å². The van der Waals surface area contributed by atoms with Gasteiger partial charge in [0.05, 0.1) is 12.7 Å². The molecule has 2 amide bonds. The number of aliphatic hydroxyl groups is 1. The number of amides is 2. The molecule has 0 aliphatic carbocycles. The minimum atomic E-state index is -0.564. The fraction of sp³-hybridized carbons (Fsp3) is 0.846. The van der Waals surface area contributed by atoms with E-state index in [1.54, 1.807) is 0 Å². The summed E-state index contributed by atoms with van der Waals surface area (Å²) in [5.74, 6) is -0.213. The molecule has 1 unspecified atom stereocenters. The van der Waals surface area contributed by atoms with Gasteiger partial charge in [0.1, 0.15) is 0 Å². The van der Waals surface area contributed by atoms with Crippen molar-refractivity contribution < 1.29 is 19.4 Å². The quantitative estimate of drug-likeness (QED) is 0.584. The van der Waals surface area contributed by atoms with Crippen molar-refractivity contribution in [1.82, 2.24) is 10.6 Å². The SMILES string of the molecule is COCC(O)CCNC(=O)CCNC(=O)C(C)(C)C. The third-order valence-corrected chi connectivity index (χ3v) is 2.48. The normalized spacial score (nSPS) is 12.9. The standard InChI is InChI=1S/C13H26N2O4/c1-13(2,3)12(18)15-8-6-11(17)14-7-5-10(16)9-19-4/h10,16H,5-9H2,1-4H3,(H,14,17)(H,15,18). The number of nitrogens with one attached hydrogen (secondary N) is 2. The summed E-state index contributed by atoms with van der Waals surface area (Å²) < 4.78 is 4.77. The van der Waals surface area contributed by atoms with Gasteiger partial charge in [-0.05, 0) is 6.42 Å². The zero-order valence-corrected chi connectivity index (χ0v) is 12.3. The molecule has 0 heterocycles. The summed E-state index contributed by atoms with van der Waals surface area (Å²) in [6.45, 7) is 6.44. The highest BCUT2D eigenvalue weighted by atomic mass is 16.5. The lowest BCUT2D eigenvalue weighted by Gasteiger charge is -2.17. The Morgan fingerprint density at radius 3 is 2.37 bits per heavy atom. The second-order valence-electron chi connectivity index (χ2n) is 5.50. The lowest BCUT2D eigenvalue weighted by atomic mass is 9.96. The fourth-order valence-corrected chi connectivity index (χ4v) is 1.30. The van der Waals surface area contributed by atoms with Crippen molar-refractivity contribution in [3.8, 4) is 0 Å². The smallest absolute Gasteiger partial charge is 0.225 e. The van der Waals surface area contributed by atoms with Crippen LogP contribution in [0.15, 0.2) is 0 Å². The number of methoxy groups -OCH3 is 1. The van der Waals surface area contributed by atoms with Crippen LogP contribution in [0.5, 0.6) is 0 Å². The zero-order valence-electron chi connectivity index (χ0n) is 12.3. The first-order valence-electron chi connectivity index (χ1n) is 6.49. The lowest BCUT2D eigenvalue weighted by Crippen LogP contribution is -2.37. The van der Waals surface area contributed by atoms with E-state index in [9.17, 15) is 14.7 Å². The molecule has 0 aromatic rings. The molecule has 112 valence electrons. The van der Waals surface area contributed by atoms with Crippen LogP contribution in [-0.2, 0) is 14.3 Å². The van der Waals surface area contributed by atoms with Crippen molar-refractivity contribution >= 4 is 11.8 Å². The molecule has 6 nitrogen and oxygen atoms in total. The number of hydrogen-bond acceptors (Lipinski definition) is 4. The summed E-state index contributed by atoms with van der Waals surface area (Å²) in [5.41, 5.74) is -0.444. The van der Waals surface area contributed by atoms with E-state index in [-0.39, 0.29) is 24.8 Å². The van der Waals surface area contributed by atoms with Gasteiger partial charge in [-0.15, -0.1) is 0 Å². The van der Waals surface area contributed by atoms with Crippen molar-refractivity contribution in [3.05, 3.63) is 0 Å². The summed E-state index contributed by atoms with van der Waals surface area (Å²) in [6, 6.07) is 0. The number of ether oxygens (including phenoxy) is 1. The summed E-state index contributed by atoms with van der Waals surface area (Å²) in [7, 11) is 1.51. The maximum Gasteiger partial charge on any atom is 0.225 e. The number of carbonyl (C=O) groups excluding carboxylic acids is 2. The molecule has 0 aliphatic heterocycles. The third-order valence-electron chi connectivity index (χ3n) is 2.48.